The van der Waals surface area contributed by atoms with Gasteiger partial charge in [0.15, 0.2) is 0 Å². The minimum Gasteiger partial charge on any atom is -0.480 e. The van der Waals surface area contributed by atoms with Crippen molar-refractivity contribution in [1.82, 2.24) is 10.6 Å². The van der Waals surface area contributed by atoms with Crippen LogP contribution in [-0.4, -0.2) is 36.2 Å². The van der Waals surface area contributed by atoms with E-state index in [1.54, 1.807) is 11.3 Å². The van der Waals surface area contributed by atoms with Gasteiger partial charge in [-0.3, -0.25) is 10.1 Å². The number of amides is 3. The van der Waals surface area contributed by atoms with Gasteiger partial charge in [0.05, 0.1) is 6.54 Å². The van der Waals surface area contributed by atoms with Crippen molar-refractivity contribution in [3.8, 4) is 0 Å². The molecule has 0 unspecified atom stereocenters. The maximum absolute atomic E-state index is 11.4. The molecule has 0 aliphatic rings. The molecular formula is C12H16N2O5S. The van der Waals surface area contributed by atoms with Crippen LogP contribution in [-0.2, 0) is 27.3 Å². The molecule has 1 aromatic heterocycles. The lowest BCUT2D eigenvalue weighted by atomic mass is 10.4. The highest BCUT2D eigenvalue weighted by Gasteiger charge is 2.09. The normalized spacial score (nSPS) is 10.1. The van der Waals surface area contributed by atoms with Gasteiger partial charge in [-0.2, -0.15) is 0 Å². The molecule has 0 bridgehead atoms. The number of carboxylic acids is 1. The van der Waals surface area contributed by atoms with E-state index >= 15 is 0 Å². The number of urea groups is 1. The summed E-state index contributed by atoms with van der Waals surface area (Å²) in [7, 11) is 0. The molecule has 110 valence electrons. The van der Waals surface area contributed by atoms with Crippen LogP contribution in [0.15, 0.2) is 12.1 Å². The number of aliphatic carboxylic acids is 1. The quantitative estimate of drug-likeness (QED) is 0.689. The summed E-state index contributed by atoms with van der Waals surface area (Å²) in [5.41, 5.74) is 0. The minimum absolute atomic E-state index is 0.333. The van der Waals surface area contributed by atoms with E-state index in [9.17, 15) is 14.4 Å². The summed E-state index contributed by atoms with van der Waals surface area (Å²) in [6.07, 6.45) is 0.941. The number of carboxylic acid groups (broad SMARTS) is 1. The van der Waals surface area contributed by atoms with Gasteiger partial charge in [0.2, 0.25) is 0 Å². The summed E-state index contributed by atoms with van der Waals surface area (Å²) >= 11 is 1.59. The molecule has 1 aromatic rings. The molecule has 20 heavy (non-hydrogen) atoms. The zero-order chi connectivity index (χ0) is 15.0. The number of carbonyl (C=O) groups is 3. The second-order valence-electron chi connectivity index (χ2n) is 3.84. The number of hydrogen-bond donors (Lipinski definition) is 3. The van der Waals surface area contributed by atoms with Crippen LogP contribution in [0.2, 0.25) is 0 Å². The van der Waals surface area contributed by atoms with Crippen molar-refractivity contribution >= 4 is 29.2 Å². The van der Waals surface area contributed by atoms with Crippen LogP contribution in [0.4, 0.5) is 4.79 Å². The van der Waals surface area contributed by atoms with Gasteiger partial charge in [0.25, 0.3) is 5.91 Å². The van der Waals surface area contributed by atoms with Crippen LogP contribution in [0.3, 0.4) is 0 Å². The Labute approximate surface area is 119 Å². The number of rotatable bonds is 7. The smallest absolute Gasteiger partial charge is 0.329 e. The van der Waals surface area contributed by atoms with Gasteiger partial charge in [-0.05, 0) is 18.6 Å². The molecule has 1 heterocycles. The molecule has 0 aliphatic heterocycles. The lowest BCUT2D eigenvalue weighted by molar-refractivity contribution is -0.143. The molecular weight excluding hydrogens is 284 g/mol. The van der Waals surface area contributed by atoms with Gasteiger partial charge in [-0.15, -0.1) is 11.3 Å². The molecule has 0 fully saturated rings. The van der Waals surface area contributed by atoms with Gasteiger partial charge >= 0.3 is 12.0 Å². The van der Waals surface area contributed by atoms with E-state index in [2.05, 4.69) is 10.1 Å². The summed E-state index contributed by atoms with van der Waals surface area (Å²) in [5.74, 6) is -1.86. The Balaban J connectivity index is 2.22. The SMILES string of the molecule is CCc1ccc(CNC(=O)NC(=O)COCC(=O)O)s1. The van der Waals surface area contributed by atoms with E-state index in [1.165, 1.54) is 4.88 Å². The van der Waals surface area contributed by atoms with Crippen LogP contribution in [0.25, 0.3) is 0 Å². The second-order valence-corrected chi connectivity index (χ2v) is 5.09. The summed E-state index contributed by atoms with van der Waals surface area (Å²) in [5, 5.41) is 12.9. The molecule has 0 spiro atoms. The average molecular weight is 300 g/mol. The Morgan fingerprint density at radius 3 is 2.55 bits per heavy atom. The summed E-state index contributed by atoms with van der Waals surface area (Å²) < 4.78 is 4.55. The van der Waals surface area contributed by atoms with E-state index < -0.39 is 31.1 Å². The largest absolute Gasteiger partial charge is 0.480 e. The van der Waals surface area contributed by atoms with Crippen LogP contribution in [0.5, 0.6) is 0 Å². The molecule has 0 aliphatic carbocycles. The number of aryl methyl sites for hydroxylation is 1. The second kappa shape index (κ2) is 8.28. The zero-order valence-electron chi connectivity index (χ0n) is 11.0. The lowest BCUT2D eigenvalue weighted by Gasteiger charge is -2.05. The van der Waals surface area contributed by atoms with Crippen molar-refractivity contribution in [2.24, 2.45) is 0 Å². The molecule has 0 saturated carbocycles. The van der Waals surface area contributed by atoms with Gasteiger partial charge in [0, 0.05) is 9.75 Å². The predicted molar refractivity (Wildman–Crippen MR) is 72.5 cm³/mol. The fourth-order valence-corrected chi connectivity index (χ4v) is 2.21. The van der Waals surface area contributed by atoms with Crippen molar-refractivity contribution in [3.05, 3.63) is 21.9 Å². The first-order valence-corrected chi connectivity index (χ1v) is 6.77. The molecule has 0 atom stereocenters. The fraction of sp³-hybridized carbons (Fsp3) is 0.417. The van der Waals surface area contributed by atoms with Crippen LogP contribution < -0.4 is 10.6 Å². The average Bonchev–Trinajstić information content (AvgIpc) is 2.83. The van der Waals surface area contributed by atoms with E-state index in [0.29, 0.717) is 6.54 Å². The third kappa shape index (κ3) is 6.30. The molecule has 8 heteroatoms. The number of thiophene rings is 1. The Morgan fingerprint density at radius 1 is 1.25 bits per heavy atom. The predicted octanol–water partition coefficient (Wildman–Crippen LogP) is 0.737. The molecule has 3 amide bonds. The first kappa shape index (κ1) is 16.1. The van der Waals surface area contributed by atoms with Crippen molar-refractivity contribution in [2.75, 3.05) is 13.2 Å². The molecule has 0 saturated heterocycles. The highest BCUT2D eigenvalue weighted by molar-refractivity contribution is 7.11. The monoisotopic (exact) mass is 300 g/mol. The number of carbonyl (C=O) groups excluding carboxylic acids is 2. The van der Waals surface area contributed by atoms with E-state index in [0.717, 1.165) is 11.3 Å². The summed E-state index contributed by atoms with van der Waals surface area (Å²) in [6.45, 7) is 1.33. The first-order chi connectivity index (χ1) is 9.51. The third-order valence-electron chi connectivity index (χ3n) is 2.20. The highest BCUT2D eigenvalue weighted by Crippen LogP contribution is 2.16. The molecule has 0 aromatic carbocycles. The summed E-state index contributed by atoms with van der Waals surface area (Å²) in [4.78, 5) is 35.0. The van der Waals surface area contributed by atoms with E-state index in [4.69, 9.17) is 5.11 Å². The number of imide groups is 1. The van der Waals surface area contributed by atoms with E-state index in [-0.39, 0.29) is 0 Å². The van der Waals surface area contributed by atoms with Crippen LogP contribution >= 0.6 is 11.3 Å². The van der Waals surface area contributed by atoms with Crippen LogP contribution in [0.1, 0.15) is 16.7 Å². The van der Waals surface area contributed by atoms with Crippen molar-refractivity contribution < 1.29 is 24.2 Å². The Hall–Kier alpha value is -1.93. The molecule has 1 rings (SSSR count). The Kier molecular flexibility index (Phi) is 6.68. The van der Waals surface area contributed by atoms with Gasteiger partial charge in [-0.1, -0.05) is 6.92 Å². The maximum atomic E-state index is 11.4. The third-order valence-corrected chi connectivity index (χ3v) is 3.43. The maximum Gasteiger partial charge on any atom is 0.329 e. The summed E-state index contributed by atoms with van der Waals surface area (Å²) in [6, 6.07) is 3.27. The van der Waals surface area contributed by atoms with Gasteiger partial charge < -0.3 is 15.2 Å². The molecule has 0 radical (unpaired) electrons. The topological polar surface area (TPSA) is 105 Å². The Morgan fingerprint density at radius 2 is 1.95 bits per heavy atom. The van der Waals surface area contributed by atoms with Crippen molar-refractivity contribution in [3.63, 3.8) is 0 Å². The number of nitrogens with one attached hydrogen (secondary N) is 2. The molecule has 7 nitrogen and oxygen atoms in total. The fourth-order valence-electron chi connectivity index (χ4n) is 1.31. The standard InChI is InChI=1S/C12H16N2O5S/c1-2-8-3-4-9(20-8)5-13-12(18)14-10(15)6-19-7-11(16)17/h3-4H,2,5-7H2,1H3,(H,16,17)(H2,13,14,15,18). The van der Waals surface area contributed by atoms with Crippen molar-refractivity contribution in [2.45, 2.75) is 19.9 Å². The zero-order valence-corrected chi connectivity index (χ0v) is 11.8. The van der Waals surface area contributed by atoms with Crippen LogP contribution in [0, 0.1) is 0 Å². The van der Waals surface area contributed by atoms with Gasteiger partial charge in [0.1, 0.15) is 13.2 Å². The number of ether oxygens (including phenoxy) is 1. The van der Waals surface area contributed by atoms with Gasteiger partial charge in [-0.25, -0.2) is 9.59 Å². The highest BCUT2D eigenvalue weighted by atomic mass is 32.1. The first-order valence-electron chi connectivity index (χ1n) is 5.96. The lowest BCUT2D eigenvalue weighted by Crippen LogP contribution is -2.40. The minimum atomic E-state index is -1.17. The van der Waals surface area contributed by atoms with Crippen molar-refractivity contribution in [1.29, 1.82) is 0 Å². The molecule has 3 N–H and O–H groups in total. The Bertz CT molecular complexity index is 486. The van der Waals surface area contributed by atoms with E-state index in [1.807, 2.05) is 24.4 Å². The number of hydrogen-bond acceptors (Lipinski definition) is 5.